The Bertz CT molecular complexity index is 979. The number of ether oxygens (including phenoxy) is 1. The zero-order valence-corrected chi connectivity index (χ0v) is 24.0. The number of carbonyl (C=O) groups is 3. The van der Waals surface area contributed by atoms with Gasteiger partial charge in [0, 0.05) is 12.1 Å². The van der Waals surface area contributed by atoms with Gasteiger partial charge in [-0.05, 0) is 89.0 Å². The number of rotatable bonds is 9. The highest BCUT2D eigenvalue weighted by Crippen LogP contribution is 2.36. The number of benzene rings is 1. The summed E-state index contributed by atoms with van der Waals surface area (Å²) in [6.07, 6.45) is 7.80. The van der Waals surface area contributed by atoms with E-state index in [1.54, 1.807) is 50.8 Å². The van der Waals surface area contributed by atoms with Gasteiger partial charge in [-0.25, -0.2) is 4.79 Å². The minimum atomic E-state index is -0.860. The standard InChI is InChI=1S/C30H47N3O5/c1-7-19(2)25(32-29(37)38-30(4,5)6)28(36)33(23-14-11-15-23)26(21-16-17-24(34)20(3)18-21)27(35)31-22-12-9-8-10-13-22/h16-19,22-23,25-26,34H,7-15H2,1-6H3,(H,31,35)(H,32,37). The van der Waals surface area contributed by atoms with E-state index in [1.807, 2.05) is 13.8 Å². The van der Waals surface area contributed by atoms with E-state index in [4.69, 9.17) is 4.74 Å². The summed E-state index contributed by atoms with van der Waals surface area (Å²) in [5, 5.41) is 16.2. The number of nitrogens with zero attached hydrogens (tertiary/aromatic N) is 1. The van der Waals surface area contributed by atoms with Crippen LogP contribution in [0.15, 0.2) is 18.2 Å². The van der Waals surface area contributed by atoms with Crippen molar-refractivity contribution in [1.29, 1.82) is 0 Å². The van der Waals surface area contributed by atoms with Gasteiger partial charge in [0.25, 0.3) is 0 Å². The van der Waals surface area contributed by atoms with Crippen LogP contribution >= 0.6 is 0 Å². The van der Waals surface area contributed by atoms with Crippen molar-refractivity contribution in [3.8, 4) is 5.75 Å². The van der Waals surface area contributed by atoms with Gasteiger partial charge in [0.05, 0.1) is 0 Å². The van der Waals surface area contributed by atoms with Gasteiger partial charge in [0.1, 0.15) is 23.4 Å². The van der Waals surface area contributed by atoms with Crippen molar-refractivity contribution in [2.24, 2.45) is 5.92 Å². The molecule has 8 heteroatoms. The molecule has 1 aromatic carbocycles. The van der Waals surface area contributed by atoms with Gasteiger partial charge in [-0.3, -0.25) is 9.59 Å². The summed E-state index contributed by atoms with van der Waals surface area (Å²) in [6, 6.07) is 3.39. The molecule has 3 atom stereocenters. The van der Waals surface area contributed by atoms with E-state index in [9.17, 15) is 19.5 Å². The number of nitrogens with one attached hydrogen (secondary N) is 2. The fourth-order valence-electron chi connectivity index (χ4n) is 5.28. The van der Waals surface area contributed by atoms with Gasteiger partial charge in [-0.1, -0.05) is 45.6 Å². The molecule has 0 radical (unpaired) electrons. The summed E-state index contributed by atoms with van der Waals surface area (Å²) < 4.78 is 5.49. The molecule has 0 bridgehead atoms. The van der Waals surface area contributed by atoms with Crippen molar-refractivity contribution in [3.63, 3.8) is 0 Å². The average molecular weight is 530 g/mol. The summed E-state index contributed by atoms with van der Waals surface area (Å²) >= 11 is 0. The maximum Gasteiger partial charge on any atom is 0.408 e. The summed E-state index contributed by atoms with van der Waals surface area (Å²) in [5.74, 6) is -0.501. The largest absolute Gasteiger partial charge is 0.508 e. The molecule has 0 saturated heterocycles. The predicted octanol–water partition coefficient (Wildman–Crippen LogP) is 5.51. The number of phenols is 1. The average Bonchev–Trinajstić information content (AvgIpc) is 2.81. The number of phenolic OH excluding ortho intramolecular Hbond substituents is 1. The number of carbonyl (C=O) groups excluding carboxylic acids is 3. The Kier molecular flexibility index (Phi) is 10.1. The molecule has 2 saturated carbocycles. The van der Waals surface area contributed by atoms with Crippen LogP contribution in [0.5, 0.6) is 5.75 Å². The molecule has 212 valence electrons. The highest BCUT2D eigenvalue weighted by molar-refractivity contribution is 5.92. The molecule has 3 N–H and O–H groups in total. The molecule has 3 amide bonds. The second kappa shape index (κ2) is 12.9. The first-order chi connectivity index (χ1) is 17.9. The lowest BCUT2D eigenvalue weighted by Crippen LogP contribution is -2.59. The van der Waals surface area contributed by atoms with Crippen LogP contribution in [0.4, 0.5) is 4.79 Å². The molecular weight excluding hydrogens is 482 g/mol. The third-order valence-corrected chi connectivity index (χ3v) is 7.89. The SMILES string of the molecule is CCC(C)C(NC(=O)OC(C)(C)C)C(=O)N(C1CCC1)C(C(=O)NC1CCCCC1)c1ccc(O)c(C)c1. The van der Waals surface area contributed by atoms with Crippen LogP contribution in [-0.2, 0) is 14.3 Å². The molecule has 0 aliphatic heterocycles. The van der Waals surface area contributed by atoms with E-state index in [0.717, 1.165) is 44.9 Å². The number of hydrogen-bond acceptors (Lipinski definition) is 5. The third-order valence-electron chi connectivity index (χ3n) is 7.89. The summed E-state index contributed by atoms with van der Waals surface area (Å²) in [5.41, 5.74) is 0.602. The highest BCUT2D eigenvalue weighted by atomic mass is 16.6. The minimum Gasteiger partial charge on any atom is -0.508 e. The van der Waals surface area contributed by atoms with Crippen LogP contribution in [0.3, 0.4) is 0 Å². The van der Waals surface area contributed by atoms with Crippen LogP contribution in [0.2, 0.25) is 0 Å². The van der Waals surface area contributed by atoms with E-state index in [2.05, 4.69) is 10.6 Å². The highest BCUT2D eigenvalue weighted by Gasteiger charge is 2.43. The van der Waals surface area contributed by atoms with E-state index in [1.165, 1.54) is 6.42 Å². The Morgan fingerprint density at radius 1 is 1.08 bits per heavy atom. The van der Waals surface area contributed by atoms with Crippen molar-refractivity contribution < 1.29 is 24.2 Å². The van der Waals surface area contributed by atoms with Gasteiger partial charge in [0.2, 0.25) is 11.8 Å². The zero-order chi connectivity index (χ0) is 28.0. The van der Waals surface area contributed by atoms with Crippen LogP contribution < -0.4 is 10.6 Å². The molecule has 8 nitrogen and oxygen atoms in total. The van der Waals surface area contributed by atoms with Gasteiger partial charge in [0.15, 0.2) is 0 Å². The Morgan fingerprint density at radius 3 is 2.26 bits per heavy atom. The quantitative estimate of drug-likeness (QED) is 0.391. The van der Waals surface area contributed by atoms with Crippen LogP contribution in [0.1, 0.15) is 110 Å². The van der Waals surface area contributed by atoms with Gasteiger partial charge in [-0.2, -0.15) is 0 Å². The monoisotopic (exact) mass is 529 g/mol. The van der Waals surface area contributed by atoms with Crippen molar-refractivity contribution in [1.82, 2.24) is 15.5 Å². The van der Waals surface area contributed by atoms with Crippen molar-refractivity contribution in [2.45, 2.75) is 129 Å². The molecule has 2 aliphatic carbocycles. The Hall–Kier alpha value is -2.77. The van der Waals surface area contributed by atoms with E-state index in [0.29, 0.717) is 17.5 Å². The third kappa shape index (κ3) is 7.64. The zero-order valence-electron chi connectivity index (χ0n) is 24.0. The normalized spacial score (nSPS) is 19.0. The predicted molar refractivity (Wildman–Crippen MR) is 148 cm³/mol. The number of aromatic hydroxyl groups is 1. The number of alkyl carbamates (subject to hydrolysis) is 1. The minimum absolute atomic E-state index is 0.0838. The van der Waals surface area contributed by atoms with Gasteiger partial charge in [-0.15, -0.1) is 0 Å². The number of aryl methyl sites for hydroxylation is 1. The summed E-state index contributed by atoms with van der Waals surface area (Å²) in [7, 11) is 0. The van der Waals surface area contributed by atoms with Crippen LogP contribution in [-0.4, -0.2) is 51.6 Å². The molecule has 2 fully saturated rings. The topological polar surface area (TPSA) is 108 Å². The summed E-state index contributed by atoms with van der Waals surface area (Å²) in [6.45, 7) is 11.0. The molecule has 0 spiro atoms. The first kappa shape index (κ1) is 29.8. The molecule has 0 aromatic heterocycles. The fourth-order valence-corrected chi connectivity index (χ4v) is 5.28. The molecule has 0 heterocycles. The van der Waals surface area contributed by atoms with E-state index < -0.39 is 23.8 Å². The van der Waals surface area contributed by atoms with Crippen LogP contribution in [0.25, 0.3) is 0 Å². The lowest BCUT2D eigenvalue weighted by atomic mass is 9.86. The van der Waals surface area contributed by atoms with Gasteiger partial charge >= 0.3 is 6.09 Å². The fraction of sp³-hybridized carbons (Fsp3) is 0.700. The summed E-state index contributed by atoms with van der Waals surface area (Å²) in [4.78, 5) is 42.8. The van der Waals surface area contributed by atoms with Crippen molar-refractivity contribution in [3.05, 3.63) is 29.3 Å². The molecule has 2 aliphatic rings. The Labute approximate surface area is 227 Å². The first-order valence-corrected chi connectivity index (χ1v) is 14.3. The number of hydrogen-bond donors (Lipinski definition) is 3. The molecule has 3 rings (SSSR count). The lowest BCUT2D eigenvalue weighted by Gasteiger charge is -2.44. The first-order valence-electron chi connectivity index (χ1n) is 14.3. The van der Waals surface area contributed by atoms with Crippen LogP contribution in [0, 0.1) is 12.8 Å². The van der Waals surface area contributed by atoms with Gasteiger partial charge < -0.3 is 25.4 Å². The lowest BCUT2D eigenvalue weighted by molar-refractivity contribution is -0.148. The van der Waals surface area contributed by atoms with E-state index >= 15 is 0 Å². The second-order valence-corrected chi connectivity index (χ2v) is 12.1. The van der Waals surface area contributed by atoms with Crippen molar-refractivity contribution in [2.75, 3.05) is 0 Å². The maximum atomic E-state index is 14.4. The van der Waals surface area contributed by atoms with E-state index in [-0.39, 0.29) is 35.6 Å². The molecule has 1 aromatic rings. The second-order valence-electron chi connectivity index (χ2n) is 12.1. The maximum absolute atomic E-state index is 14.4. The molecular formula is C30H47N3O5. The van der Waals surface area contributed by atoms with Crippen molar-refractivity contribution >= 4 is 17.9 Å². The number of amides is 3. The molecule has 38 heavy (non-hydrogen) atoms. The Balaban J connectivity index is 2.00. The smallest absolute Gasteiger partial charge is 0.408 e. The molecule has 3 unspecified atom stereocenters. The Morgan fingerprint density at radius 2 is 1.74 bits per heavy atom.